The summed E-state index contributed by atoms with van der Waals surface area (Å²) in [5.41, 5.74) is 0. The topological polar surface area (TPSA) is 21.3 Å². The molecule has 3 heteroatoms. The van der Waals surface area contributed by atoms with Gasteiger partial charge in [-0.15, -0.1) is 0 Å². The molecule has 2 nitrogen and oxygen atoms in total. The van der Waals surface area contributed by atoms with Crippen LogP contribution in [0.5, 0.6) is 0 Å². The van der Waals surface area contributed by atoms with Gasteiger partial charge in [-0.3, -0.25) is 0 Å². The maximum absolute atomic E-state index is 11.7. The van der Waals surface area contributed by atoms with Gasteiger partial charge in [0.1, 0.15) is 6.67 Å². The molecule has 0 saturated carbocycles. The van der Waals surface area contributed by atoms with Gasteiger partial charge >= 0.3 is 0 Å². The number of halogens is 1. The van der Waals surface area contributed by atoms with Crippen LogP contribution >= 0.6 is 0 Å². The molecule has 2 atom stereocenters. The summed E-state index contributed by atoms with van der Waals surface area (Å²) in [6, 6.07) is 0.597. The van der Waals surface area contributed by atoms with Crippen molar-refractivity contribution in [3.05, 3.63) is 0 Å². The molecule has 0 spiro atoms. The minimum Gasteiger partial charge on any atom is -0.374 e. The third-order valence-corrected chi connectivity index (χ3v) is 2.05. The van der Waals surface area contributed by atoms with Crippen molar-refractivity contribution >= 4 is 0 Å². The van der Waals surface area contributed by atoms with Gasteiger partial charge in [0.25, 0.3) is 0 Å². The SMILES string of the molecule is CC1CCC(OCCF)CN1. The Morgan fingerprint density at radius 1 is 1.55 bits per heavy atom. The summed E-state index contributed by atoms with van der Waals surface area (Å²) in [6.07, 6.45) is 2.44. The van der Waals surface area contributed by atoms with Gasteiger partial charge in [-0.1, -0.05) is 0 Å². The summed E-state index contributed by atoms with van der Waals surface area (Å²) >= 11 is 0. The van der Waals surface area contributed by atoms with E-state index in [1.807, 2.05) is 0 Å². The van der Waals surface area contributed by atoms with Crippen LogP contribution in [0.15, 0.2) is 0 Å². The Labute approximate surface area is 67.1 Å². The third-order valence-electron chi connectivity index (χ3n) is 2.05. The van der Waals surface area contributed by atoms with Crippen LogP contribution in [0, 0.1) is 0 Å². The van der Waals surface area contributed by atoms with Gasteiger partial charge in [-0.25, -0.2) is 4.39 Å². The number of ether oxygens (including phenoxy) is 1. The summed E-state index contributed by atoms with van der Waals surface area (Å²) in [4.78, 5) is 0. The van der Waals surface area contributed by atoms with Crippen LogP contribution in [0.1, 0.15) is 19.8 Å². The van der Waals surface area contributed by atoms with E-state index in [1.54, 1.807) is 0 Å². The highest BCUT2D eigenvalue weighted by atomic mass is 19.1. The van der Waals surface area contributed by atoms with E-state index < -0.39 is 0 Å². The Bertz CT molecular complexity index is 99.5. The van der Waals surface area contributed by atoms with Crippen molar-refractivity contribution in [3.8, 4) is 0 Å². The molecule has 0 radical (unpaired) electrons. The van der Waals surface area contributed by atoms with E-state index in [2.05, 4.69) is 12.2 Å². The number of piperidine rings is 1. The normalized spacial score (nSPS) is 32.2. The Hall–Kier alpha value is -0.150. The molecule has 1 fully saturated rings. The zero-order valence-electron chi connectivity index (χ0n) is 6.98. The Kier molecular flexibility index (Phi) is 3.80. The van der Waals surface area contributed by atoms with Crippen LogP contribution in [0.25, 0.3) is 0 Å². The Morgan fingerprint density at radius 3 is 2.91 bits per heavy atom. The molecule has 0 aromatic heterocycles. The van der Waals surface area contributed by atoms with E-state index in [4.69, 9.17) is 4.74 Å². The maximum Gasteiger partial charge on any atom is 0.113 e. The van der Waals surface area contributed by atoms with Gasteiger partial charge in [-0.2, -0.15) is 0 Å². The van der Waals surface area contributed by atoms with Gasteiger partial charge in [0.05, 0.1) is 12.7 Å². The molecule has 1 N–H and O–H groups in total. The molecular formula is C8H16FNO. The van der Waals surface area contributed by atoms with Gasteiger partial charge in [0.15, 0.2) is 0 Å². The first kappa shape index (κ1) is 8.94. The van der Waals surface area contributed by atoms with Crippen LogP contribution in [0.3, 0.4) is 0 Å². The lowest BCUT2D eigenvalue weighted by molar-refractivity contribution is 0.0237. The van der Waals surface area contributed by atoms with Crippen molar-refractivity contribution in [2.24, 2.45) is 0 Å². The summed E-state index contributed by atoms with van der Waals surface area (Å²) < 4.78 is 16.9. The van der Waals surface area contributed by atoms with Crippen LogP contribution in [0.2, 0.25) is 0 Å². The maximum atomic E-state index is 11.7. The predicted octanol–water partition coefficient (Wildman–Crippen LogP) is 1.11. The third kappa shape index (κ3) is 3.16. The number of rotatable bonds is 3. The molecule has 0 bridgehead atoms. The molecule has 2 unspecified atom stereocenters. The second kappa shape index (κ2) is 4.67. The van der Waals surface area contributed by atoms with Crippen molar-refractivity contribution in [3.63, 3.8) is 0 Å². The highest BCUT2D eigenvalue weighted by molar-refractivity contribution is 4.74. The summed E-state index contributed by atoms with van der Waals surface area (Å²) in [5.74, 6) is 0. The molecule has 1 saturated heterocycles. The van der Waals surface area contributed by atoms with Crippen LogP contribution in [0.4, 0.5) is 4.39 Å². The van der Waals surface area contributed by atoms with Crippen molar-refractivity contribution < 1.29 is 9.13 Å². The lowest BCUT2D eigenvalue weighted by Gasteiger charge is -2.27. The van der Waals surface area contributed by atoms with E-state index in [9.17, 15) is 4.39 Å². The first-order valence-electron chi connectivity index (χ1n) is 4.24. The summed E-state index contributed by atoms with van der Waals surface area (Å²) in [6.45, 7) is 2.92. The lowest BCUT2D eigenvalue weighted by Crippen LogP contribution is -2.41. The molecule has 0 aromatic carbocycles. The standard InChI is InChI=1S/C8H16FNO/c1-7-2-3-8(6-10-7)11-5-4-9/h7-8,10H,2-6H2,1H3. The fourth-order valence-corrected chi connectivity index (χ4v) is 1.33. The van der Waals surface area contributed by atoms with Crippen molar-refractivity contribution in [2.75, 3.05) is 19.8 Å². The monoisotopic (exact) mass is 161 g/mol. The smallest absolute Gasteiger partial charge is 0.113 e. The minimum absolute atomic E-state index is 0.238. The number of nitrogens with one attached hydrogen (secondary N) is 1. The molecule has 1 aliphatic heterocycles. The average molecular weight is 161 g/mol. The van der Waals surface area contributed by atoms with E-state index >= 15 is 0 Å². The van der Waals surface area contributed by atoms with E-state index in [1.165, 1.54) is 0 Å². The van der Waals surface area contributed by atoms with Crippen LogP contribution < -0.4 is 5.32 Å². The second-order valence-electron chi connectivity index (χ2n) is 3.07. The van der Waals surface area contributed by atoms with Gasteiger partial charge in [0, 0.05) is 12.6 Å². The molecule has 0 aliphatic carbocycles. The first-order chi connectivity index (χ1) is 5.33. The van der Waals surface area contributed by atoms with Gasteiger partial charge in [-0.05, 0) is 19.8 Å². The molecular weight excluding hydrogens is 145 g/mol. The second-order valence-corrected chi connectivity index (χ2v) is 3.07. The highest BCUT2D eigenvalue weighted by Crippen LogP contribution is 2.10. The van der Waals surface area contributed by atoms with E-state index in [0.29, 0.717) is 6.04 Å². The fourth-order valence-electron chi connectivity index (χ4n) is 1.33. The first-order valence-corrected chi connectivity index (χ1v) is 4.24. The predicted molar refractivity (Wildman–Crippen MR) is 42.4 cm³/mol. The average Bonchev–Trinajstić information content (AvgIpc) is 2.04. The van der Waals surface area contributed by atoms with Crippen molar-refractivity contribution in [2.45, 2.75) is 31.9 Å². The van der Waals surface area contributed by atoms with E-state index in [0.717, 1.165) is 19.4 Å². The Morgan fingerprint density at radius 2 is 2.36 bits per heavy atom. The number of alkyl halides is 1. The molecule has 0 aromatic rings. The molecule has 0 amide bonds. The fraction of sp³-hybridized carbons (Fsp3) is 1.00. The lowest BCUT2D eigenvalue weighted by atomic mass is 10.0. The van der Waals surface area contributed by atoms with Crippen molar-refractivity contribution in [1.82, 2.24) is 5.32 Å². The molecule has 66 valence electrons. The van der Waals surface area contributed by atoms with Gasteiger partial charge in [0.2, 0.25) is 0 Å². The number of hydrogen-bond acceptors (Lipinski definition) is 2. The van der Waals surface area contributed by atoms with Crippen LogP contribution in [-0.2, 0) is 4.74 Å². The number of hydrogen-bond donors (Lipinski definition) is 1. The summed E-state index contributed by atoms with van der Waals surface area (Å²) in [5, 5.41) is 3.29. The Balaban J connectivity index is 2.07. The highest BCUT2D eigenvalue weighted by Gasteiger charge is 2.17. The zero-order chi connectivity index (χ0) is 8.10. The minimum atomic E-state index is -0.369. The molecule has 11 heavy (non-hydrogen) atoms. The van der Waals surface area contributed by atoms with Crippen LogP contribution in [-0.4, -0.2) is 32.0 Å². The molecule has 1 heterocycles. The molecule has 1 rings (SSSR count). The zero-order valence-corrected chi connectivity index (χ0v) is 6.98. The molecule has 1 aliphatic rings. The largest absolute Gasteiger partial charge is 0.374 e. The quantitative estimate of drug-likeness (QED) is 0.669. The van der Waals surface area contributed by atoms with Gasteiger partial charge < -0.3 is 10.1 Å². The summed E-state index contributed by atoms with van der Waals surface area (Å²) in [7, 11) is 0. The van der Waals surface area contributed by atoms with E-state index in [-0.39, 0.29) is 19.4 Å². The van der Waals surface area contributed by atoms with Crippen molar-refractivity contribution in [1.29, 1.82) is 0 Å².